The van der Waals surface area contributed by atoms with Gasteiger partial charge in [0.25, 0.3) is 0 Å². The van der Waals surface area contributed by atoms with Crippen molar-refractivity contribution < 1.29 is 19.1 Å². The van der Waals surface area contributed by atoms with Crippen LogP contribution in [0, 0.1) is 5.92 Å². The van der Waals surface area contributed by atoms with Gasteiger partial charge in [0, 0.05) is 0 Å². The molecule has 0 aromatic heterocycles. The van der Waals surface area contributed by atoms with Gasteiger partial charge in [-0.15, -0.1) is 0 Å². The fourth-order valence-electron chi connectivity index (χ4n) is 2.71. The Balaban J connectivity index is 2.56. The van der Waals surface area contributed by atoms with E-state index in [-0.39, 0.29) is 24.4 Å². The van der Waals surface area contributed by atoms with Gasteiger partial charge in [0.1, 0.15) is 11.6 Å². The maximum atomic E-state index is 12.1. The summed E-state index contributed by atoms with van der Waals surface area (Å²) in [4.78, 5) is 23.9. The van der Waals surface area contributed by atoms with Crippen LogP contribution in [0.25, 0.3) is 0 Å². The number of carbonyl (C=O) groups excluding carboxylic acids is 2. The van der Waals surface area contributed by atoms with E-state index in [1.165, 1.54) is 6.42 Å². The number of hydrogen-bond donors (Lipinski definition) is 1. The predicted molar refractivity (Wildman–Crippen MR) is 80.8 cm³/mol. The van der Waals surface area contributed by atoms with Gasteiger partial charge in [-0.3, -0.25) is 14.9 Å². The normalized spacial score (nSPS) is 18.1. The third-order valence-electron chi connectivity index (χ3n) is 3.55. The second kappa shape index (κ2) is 8.37. The summed E-state index contributed by atoms with van der Waals surface area (Å²) in [5, 5.41) is 3.05. The quantitative estimate of drug-likeness (QED) is 0.763. The molecule has 0 aromatic rings. The Bertz CT molecular complexity index is 343. The number of ether oxygens (including phenoxy) is 2. The van der Waals surface area contributed by atoms with Crippen molar-refractivity contribution in [2.24, 2.45) is 5.92 Å². The maximum Gasteiger partial charge on any atom is 0.323 e. The van der Waals surface area contributed by atoms with Crippen LogP contribution >= 0.6 is 0 Å². The van der Waals surface area contributed by atoms with Gasteiger partial charge in [0.2, 0.25) is 0 Å². The molecule has 21 heavy (non-hydrogen) atoms. The van der Waals surface area contributed by atoms with Crippen LogP contribution in [-0.4, -0.2) is 36.7 Å². The molecule has 1 N–H and O–H groups in total. The highest BCUT2D eigenvalue weighted by Gasteiger charge is 2.31. The third kappa shape index (κ3) is 6.93. The molecule has 0 radical (unpaired) electrons. The molecule has 5 nitrogen and oxygen atoms in total. The highest BCUT2D eigenvalue weighted by atomic mass is 16.6. The lowest BCUT2D eigenvalue weighted by molar-refractivity contribution is -0.154. The topological polar surface area (TPSA) is 64.6 Å². The van der Waals surface area contributed by atoms with Crippen LogP contribution < -0.4 is 5.32 Å². The minimum Gasteiger partial charge on any atom is -0.465 e. The Morgan fingerprint density at radius 2 is 1.81 bits per heavy atom. The van der Waals surface area contributed by atoms with Crippen LogP contribution in [0.5, 0.6) is 0 Å². The average molecular weight is 299 g/mol. The van der Waals surface area contributed by atoms with Gasteiger partial charge in [-0.1, -0.05) is 19.3 Å². The molecule has 1 rings (SSSR count). The van der Waals surface area contributed by atoms with Crippen molar-refractivity contribution in [1.82, 2.24) is 5.32 Å². The molecular weight excluding hydrogens is 270 g/mol. The molecule has 5 heteroatoms. The summed E-state index contributed by atoms with van der Waals surface area (Å²) in [6, 6.07) is -0.405. The van der Waals surface area contributed by atoms with Gasteiger partial charge in [0.15, 0.2) is 0 Å². The van der Waals surface area contributed by atoms with Crippen LogP contribution in [0.1, 0.15) is 59.8 Å². The summed E-state index contributed by atoms with van der Waals surface area (Å²) in [6.45, 7) is 7.68. The Kier molecular flexibility index (Phi) is 7.15. The first-order valence-electron chi connectivity index (χ1n) is 7.95. The van der Waals surface area contributed by atoms with Crippen LogP contribution in [0.15, 0.2) is 0 Å². The first-order chi connectivity index (χ1) is 9.83. The van der Waals surface area contributed by atoms with Gasteiger partial charge in [-0.25, -0.2) is 0 Å². The minimum absolute atomic E-state index is 0.0389. The zero-order valence-corrected chi connectivity index (χ0v) is 13.7. The van der Waals surface area contributed by atoms with E-state index < -0.39 is 11.6 Å². The smallest absolute Gasteiger partial charge is 0.323 e. The summed E-state index contributed by atoms with van der Waals surface area (Å²) >= 11 is 0. The minimum atomic E-state index is -0.511. The largest absolute Gasteiger partial charge is 0.465 e. The molecule has 1 atom stereocenters. The zero-order valence-electron chi connectivity index (χ0n) is 13.7. The second-order valence-electron chi connectivity index (χ2n) is 6.60. The van der Waals surface area contributed by atoms with Gasteiger partial charge in [-0.05, 0) is 46.5 Å². The van der Waals surface area contributed by atoms with Crippen molar-refractivity contribution in [2.75, 3.05) is 13.2 Å². The summed E-state index contributed by atoms with van der Waals surface area (Å²) in [7, 11) is 0. The highest BCUT2D eigenvalue weighted by molar-refractivity contribution is 5.78. The van der Waals surface area contributed by atoms with Crippen molar-refractivity contribution in [3.8, 4) is 0 Å². The molecule has 1 fully saturated rings. The highest BCUT2D eigenvalue weighted by Crippen LogP contribution is 2.27. The molecule has 0 spiro atoms. The van der Waals surface area contributed by atoms with Crippen LogP contribution in [0.2, 0.25) is 0 Å². The summed E-state index contributed by atoms with van der Waals surface area (Å²) in [5.41, 5.74) is -0.511. The third-order valence-corrected chi connectivity index (χ3v) is 3.55. The average Bonchev–Trinajstić information content (AvgIpc) is 2.38. The first-order valence-corrected chi connectivity index (χ1v) is 7.95. The number of rotatable bonds is 6. The van der Waals surface area contributed by atoms with E-state index in [1.807, 2.05) is 20.8 Å². The van der Waals surface area contributed by atoms with Crippen molar-refractivity contribution in [1.29, 1.82) is 0 Å². The van der Waals surface area contributed by atoms with E-state index in [1.54, 1.807) is 6.92 Å². The molecular formula is C16H29NO4. The molecule has 0 heterocycles. The SMILES string of the molecule is CCOC(=O)C(NCC(=O)OC(C)(C)C)C1CCCCC1. The first kappa shape index (κ1) is 18.0. The van der Waals surface area contributed by atoms with Gasteiger partial charge < -0.3 is 9.47 Å². The fraction of sp³-hybridized carbons (Fsp3) is 0.875. The van der Waals surface area contributed by atoms with Crippen LogP contribution in [0.3, 0.4) is 0 Å². The zero-order chi connectivity index (χ0) is 15.9. The molecule has 1 unspecified atom stereocenters. The van der Waals surface area contributed by atoms with E-state index in [2.05, 4.69) is 5.32 Å². The van der Waals surface area contributed by atoms with E-state index >= 15 is 0 Å². The Hall–Kier alpha value is -1.10. The second-order valence-corrected chi connectivity index (χ2v) is 6.60. The Morgan fingerprint density at radius 1 is 1.19 bits per heavy atom. The summed E-state index contributed by atoms with van der Waals surface area (Å²) < 4.78 is 10.4. The van der Waals surface area contributed by atoms with Crippen LogP contribution in [0.4, 0.5) is 0 Å². The van der Waals surface area contributed by atoms with E-state index in [0.717, 1.165) is 25.7 Å². The lowest BCUT2D eigenvalue weighted by Crippen LogP contribution is -2.47. The number of hydrogen-bond acceptors (Lipinski definition) is 5. The van der Waals surface area contributed by atoms with Gasteiger partial charge >= 0.3 is 11.9 Å². The summed E-state index contributed by atoms with van der Waals surface area (Å²) in [6.07, 6.45) is 5.50. The van der Waals surface area contributed by atoms with Crippen molar-refractivity contribution in [3.63, 3.8) is 0 Å². The van der Waals surface area contributed by atoms with Gasteiger partial charge in [0.05, 0.1) is 13.2 Å². The lowest BCUT2D eigenvalue weighted by atomic mass is 9.84. The van der Waals surface area contributed by atoms with Crippen molar-refractivity contribution >= 4 is 11.9 Å². The molecule has 1 saturated carbocycles. The van der Waals surface area contributed by atoms with Gasteiger partial charge in [-0.2, -0.15) is 0 Å². The number of carbonyl (C=O) groups is 2. The molecule has 0 saturated heterocycles. The van der Waals surface area contributed by atoms with Crippen LogP contribution in [-0.2, 0) is 19.1 Å². The molecule has 0 amide bonds. The van der Waals surface area contributed by atoms with E-state index in [4.69, 9.17) is 9.47 Å². The molecule has 122 valence electrons. The molecule has 0 bridgehead atoms. The Labute approximate surface area is 127 Å². The van der Waals surface area contributed by atoms with E-state index in [0.29, 0.717) is 6.61 Å². The predicted octanol–water partition coefficient (Wildman–Crippen LogP) is 2.43. The molecule has 1 aliphatic rings. The van der Waals surface area contributed by atoms with Crippen molar-refractivity contribution in [3.05, 3.63) is 0 Å². The molecule has 0 aliphatic heterocycles. The summed E-state index contributed by atoms with van der Waals surface area (Å²) in [5.74, 6) is -0.346. The monoisotopic (exact) mass is 299 g/mol. The molecule has 0 aromatic carbocycles. The molecule has 1 aliphatic carbocycles. The number of esters is 2. The Morgan fingerprint density at radius 3 is 2.33 bits per heavy atom. The fourth-order valence-corrected chi connectivity index (χ4v) is 2.71. The maximum absolute atomic E-state index is 12.1. The van der Waals surface area contributed by atoms with Crippen molar-refractivity contribution in [2.45, 2.75) is 71.4 Å². The standard InChI is InChI=1S/C16H29NO4/c1-5-20-15(19)14(12-9-7-6-8-10-12)17-11-13(18)21-16(2,3)4/h12,14,17H,5-11H2,1-4H3. The lowest BCUT2D eigenvalue weighted by Gasteiger charge is -2.29. The number of nitrogens with one attached hydrogen (secondary N) is 1. The van der Waals surface area contributed by atoms with E-state index in [9.17, 15) is 9.59 Å².